The Hall–Kier alpha value is -0.320. The van der Waals surface area contributed by atoms with Gasteiger partial charge in [0, 0.05) is 0 Å². The molecule has 0 bridgehead atoms. The predicted octanol–water partition coefficient (Wildman–Crippen LogP) is -4.86. The van der Waals surface area contributed by atoms with Crippen molar-refractivity contribution in [3.05, 3.63) is 0 Å². The summed E-state index contributed by atoms with van der Waals surface area (Å²) in [5.41, 5.74) is 0. The van der Waals surface area contributed by atoms with Gasteiger partial charge >= 0.3 is 0 Å². The molecule has 16 heavy (non-hydrogen) atoms. The van der Waals surface area contributed by atoms with Crippen LogP contribution >= 0.6 is 0 Å². The fraction of sp³-hybridized carbons (Fsp3) is 1.00. The van der Waals surface area contributed by atoms with Crippen molar-refractivity contribution in [2.24, 2.45) is 0 Å². The quantitative estimate of drug-likeness (QED) is 0.220. The van der Waals surface area contributed by atoms with E-state index in [0.717, 1.165) is 0 Å². The maximum absolute atomic E-state index is 9.28. The number of hydrogen-bond acceptors (Lipinski definition) is 8. The lowest BCUT2D eigenvalue weighted by Gasteiger charge is -2.29. The Balaban J connectivity index is 4.41. The van der Waals surface area contributed by atoms with E-state index >= 15 is 0 Å². The van der Waals surface area contributed by atoms with Gasteiger partial charge in [-0.3, -0.25) is 0 Å². The van der Waals surface area contributed by atoms with Gasteiger partial charge in [0.2, 0.25) is 0 Å². The van der Waals surface area contributed by atoms with Crippen LogP contribution in [-0.2, 0) is 0 Å². The second-order valence-electron chi connectivity index (χ2n) is 3.46. The molecule has 0 saturated carbocycles. The summed E-state index contributed by atoms with van der Waals surface area (Å²) < 4.78 is 0. The minimum absolute atomic E-state index is 0.844. The maximum atomic E-state index is 9.28. The molecule has 0 aliphatic carbocycles. The van der Waals surface area contributed by atoms with Crippen LogP contribution in [0.15, 0.2) is 0 Å². The van der Waals surface area contributed by atoms with Gasteiger partial charge < -0.3 is 40.9 Å². The number of rotatable bonds is 7. The van der Waals surface area contributed by atoms with Crippen molar-refractivity contribution < 1.29 is 40.9 Å². The summed E-state index contributed by atoms with van der Waals surface area (Å²) >= 11 is 0. The second kappa shape index (κ2) is 7.09. The molecule has 0 unspecified atom stereocenters. The zero-order valence-electron chi connectivity index (χ0n) is 8.46. The van der Waals surface area contributed by atoms with Crippen molar-refractivity contribution in [1.29, 1.82) is 0 Å². The van der Waals surface area contributed by atoms with Gasteiger partial charge in [0.1, 0.15) is 36.6 Å². The summed E-state index contributed by atoms with van der Waals surface area (Å²) in [6.07, 6.45) is -11.1. The Morgan fingerprint density at radius 2 is 0.750 bits per heavy atom. The highest BCUT2D eigenvalue weighted by Crippen LogP contribution is 2.10. The van der Waals surface area contributed by atoms with Crippen molar-refractivity contribution >= 4 is 0 Å². The van der Waals surface area contributed by atoms with E-state index in [1.807, 2.05) is 0 Å². The monoisotopic (exact) mass is 242 g/mol. The molecular formula is C8H18O8. The average molecular weight is 242 g/mol. The smallest absolute Gasteiger partial charge is 0.111 e. The van der Waals surface area contributed by atoms with E-state index in [9.17, 15) is 20.4 Å². The third-order valence-electron chi connectivity index (χ3n) is 2.21. The zero-order chi connectivity index (χ0) is 12.9. The summed E-state index contributed by atoms with van der Waals surface area (Å²) in [6.45, 7) is -1.69. The molecule has 0 rings (SSSR count). The Morgan fingerprint density at radius 3 is 0.938 bits per heavy atom. The zero-order valence-corrected chi connectivity index (χ0v) is 8.46. The fourth-order valence-corrected chi connectivity index (χ4v) is 1.08. The van der Waals surface area contributed by atoms with Gasteiger partial charge in [-0.25, -0.2) is 0 Å². The first-order chi connectivity index (χ1) is 7.36. The molecule has 0 amide bonds. The Morgan fingerprint density at radius 1 is 0.500 bits per heavy atom. The van der Waals surface area contributed by atoms with Gasteiger partial charge in [-0.05, 0) is 0 Å². The van der Waals surface area contributed by atoms with E-state index in [2.05, 4.69) is 0 Å². The molecule has 0 spiro atoms. The first-order valence-electron chi connectivity index (χ1n) is 4.66. The molecule has 0 aromatic rings. The molecular weight excluding hydrogens is 224 g/mol. The third kappa shape index (κ3) is 3.92. The minimum atomic E-state index is -1.97. The molecule has 8 nitrogen and oxygen atoms in total. The van der Waals surface area contributed by atoms with E-state index in [-0.39, 0.29) is 0 Å². The van der Waals surface area contributed by atoms with E-state index in [0.29, 0.717) is 0 Å². The van der Waals surface area contributed by atoms with E-state index in [4.69, 9.17) is 20.4 Å². The van der Waals surface area contributed by atoms with E-state index in [1.165, 1.54) is 0 Å². The largest absolute Gasteiger partial charge is 0.394 e. The van der Waals surface area contributed by atoms with Gasteiger partial charge in [0.25, 0.3) is 0 Å². The van der Waals surface area contributed by atoms with Crippen LogP contribution in [0, 0.1) is 0 Å². The first kappa shape index (κ1) is 15.7. The number of aliphatic hydroxyl groups is 8. The molecule has 6 atom stereocenters. The maximum Gasteiger partial charge on any atom is 0.111 e. The molecule has 8 heteroatoms. The molecule has 0 aromatic carbocycles. The van der Waals surface area contributed by atoms with Gasteiger partial charge in [0.05, 0.1) is 13.2 Å². The Bertz CT molecular complexity index is 169. The standard InChI is InChI=1S/C8H18O8/c9-1-3(11)5(13)7(15)8(16)6(14)4(12)2-10/h3-16H,1-2H2/t3-,4+,5-,6-,7-,8+/m1/s1. The molecule has 8 N–H and O–H groups in total. The Labute approximate surface area is 91.6 Å². The SMILES string of the molecule is OC[C@@H](O)[C@@H](O)[C@@H](O)[C@@H](O)[C@H](O)[C@@H](O)CO. The van der Waals surface area contributed by atoms with Gasteiger partial charge in [-0.1, -0.05) is 0 Å². The molecule has 0 aliphatic rings. The molecule has 0 fully saturated rings. The van der Waals surface area contributed by atoms with Crippen LogP contribution in [0.5, 0.6) is 0 Å². The first-order valence-corrected chi connectivity index (χ1v) is 4.66. The van der Waals surface area contributed by atoms with Gasteiger partial charge in [0.15, 0.2) is 0 Å². The van der Waals surface area contributed by atoms with Crippen molar-refractivity contribution in [1.82, 2.24) is 0 Å². The molecule has 0 aliphatic heterocycles. The summed E-state index contributed by atoms with van der Waals surface area (Å²) in [5.74, 6) is 0. The van der Waals surface area contributed by atoms with E-state index in [1.54, 1.807) is 0 Å². The minimum Gasteiger partial charge on any atom is -0.394 e. The lowest BCUT2D eigenvalue weighted by atomic mass is 9.97. The van der Waals surface area contributed by atoms with Crippen molar-refractivity contribution in [3.8, 4) is 0 Å². The Kier molecular flexibility index (Phi) is 6.95. The highest BCUT2D eigenvalue weighted by atomic mass is 16.4. The van der Waals surface area contributed by atoms with Crippen LogP contribution in [0.4, 0.5) is 0 Å². The molecule has 0 aromatic heterocycles. The lowest BCUT2D eigenvalue weighted by Crippen LogP contribution is -2.53. The summed E-state index contributed by atoms with van der Waals surface area (Å²) in [6, 6.07) is 0. The summed E-state index contributed by atoms with van der Waals surface area (Å²) in [4.78, 5) is 0. The van der Waals surface area contributed by atoms with Crippen molar-refractivity contribution in [3.63, 3.8) is 0 Å². The topological polar surface area (TPSA) is 162 Å². The van der Waals surface area contributed by atoms with Crippen molar-refractivity contribution in [2.75, 3.05) is 13.2 Å². The highest BCUT2D eigenvalue weighted by molar-refractivity contribution is 4.87. The third-order valence-corrected chi connectivity index (χ3v) is 2.21. The van der Waals surface area contributed by atoms with Crippen LogP contribution in [0.2, 0.25) is 0 Å². The predicted molar refractivity (Wildman–Crippen MR) is 50.2 cm³/mol. The van der Waals surface area contributed by atoms with Gasteiger partial charge in [-0.2, -0.15) is 0 Å². The average Bonchev–Trinajstić information content (AvgIpc) is 2.32. The van der Waals surface area contributed by atoms with Crippen molar-refractivity contribution in [2.45, 2.75) is 36.6 Å². The number of hydrogen-bond donors (Lipinski definition) is 8. The van der Waals surface area contributed by atoms with Crippen LogP contribution in [0.3, 0.4) is 0 Å². The molecule has 0 heterocycles. The normalized spacial score (nSPS) is 23.2. The van der Waals surface area contributed by atoms with Crippen LogP contribution in [0.25, 0.3) is 0 Å². The highest BCUT2D eigenvalue weighted by Gasteiger charge is 2.36. The number of aliphatic hydroxyl groups excluding tert-OH is 8. The lowest BCUT2D eigenvalue weighted by molar-refractivity contribution is -0.161. The van der Waals surface area contributed by atoms with Crippen LogP contribution in [-0.4, -0.2) is 90.7 Å². The van der Waals surface area contributed by atoms with Crippen LogP contribution < -0.4 is 0 Å². The second-order valence-corrected chi connectivity index (χ2v) is 3.46. The molecule has 0 radical (unpaired) electrons. The summed E-state index contributed by atoms with van der Waals surface area (Å²) in [7, 11) is 0. The van der Waals surface area contributed by atoms with Gasteiger partial charge in [-0.15, -0.1) is 0 Å². The molecule has 98 valence electrons. The summed E-state index contributed by atoms with van der Waals surface area (Å²) in [5, 5.41) is 71.8. The fourth-order valence-electron chi connectivity index (χ4n) is 1.08. The van der Waals surface area contributed by atoms with Crippen LogP contribution in [0.1, 0.15) is 0 Å². The van der Waals surface area contributed by atoms with E-state index < -0.39 is 49.8 Å². The molecule has 0 saturated heterocycles.